The van der Waals surface area contributed by atoms with Crippen LogP contribution in [-0.4, -0.2) is 44.4 Å². The van der Waals surface area contributed by atoms with Crippen molar-refractivity contribution in [3.05, 3.63) is 30.1 Å². The van der Waals surface area contributed by atoms with Gasteiger partial charge in [0.2, 0.25) is 5.91 Å². The second-order valence-corrected chi connectivity index (χ2v) is 6.61. The third kappa shape index (κ3) is 4.11. The van der Waals surface area contributed by atoms with Crippen molar-refractivity contribution in [2.75, 3.05) is 13.6 Å². The Bertz CT molecular complexity index is 753. The van der Waals surface area contributed by atoms with E-state index in [9.17, 15) is 9.18 Å². The van der Waals surface area contributed by atoms with Gasteiger partial charge < -0.3 is 9.47 Å². The van der Waals surface area contributed by atoms with E-state index in [1.165, 1.54) is 28.8 Å². The van der Waals surface area contributed by atoms with Crippen LogP contribution in [0.5, 0.6) is 0 Å². The number of nitriles is 1. The number of benzene rings is 1. The number of carbonyl (C=O) groups is 1. The Balaban J connectivity index is 2.10. The summed E-state index contributed by atoms with van der Waals surface area (Å²) < 4.78 is 14.8. The highest BCUT2D eigenvalue weighted by Gasteiger charge is 2.21. The fourth-order valence-electron chi connectivity index (χ4n) is 2.11. The van der Waals surface area contributed by atoms with Crippen molar-refractivity contribution in [2.24, 2.45) is 7.05 Å². The molecule has 1 aromatic carbocycles. The van der Waals surface area contributed by atoms with Crippen molar-refractivity contribution in [3.8, 4) is 17.5 Å². The van der Waals surface area contributed by atoms with Crippen LogP contribution in [-0.2, 0) is 11.8 Å². The number of halogens is 1. The lowest BCUT2D eigenvalue weighted by Gasteiger charge is -2.19. The molecule has 0 radical (unpaired) electrons. The largest absolute Gasteiger partial charge is 0.344 e. The first kappa shape index (κ1) is 17.9. The Morgan fingerprint density at radius 1 is 1.42 bits per heavy atom. The predicted octanol–water partition coefficient (Wildman–Crippen LogP) is 2.47. The van der Waals surface area contributed by atoms with E-state index in [4.69, 9.17) is 5.26 Å². The maximum atomic E-state index is 13.0. The molecule has 0 aliphatic carbocycles. The molecule has 1 atom stereocenters. The Kier molecular flexibility index (Phi) is 5.93. The summed E-state index contributed by atoms with van der Waals surface area (Å²) in [5.41, 5.74) is 0.753. The van der Waals surface area contributed by atoms with E-state index in [0.29, 0.717) is 23.9 Å². The van der Waals surface area contributed by atoms with Crippen molar-refractivity contribution < 1.29 is 9.18 Å². The first-order valence-electron chi connectivity index (χ1n) is 7.38. The van der Waals surface area contributed by atoms with E-state index in [1.807, 2.05) is 6.07 Å². The zero-order chi connectivity index (χ0) is 17.7. The normalized spacial score (nSPS) is 11.8. The molecule has 0 saturated heterocycles. The van der Waals surface area contributed by atoms with E-state index < -0.39 is 0 Å². The Labute approximate surface area is 144 Å². The first-order valence-corrected chi connectivity index (χ1v) is 8.26. The number of thioether (sulfide) groups is 1. The van der Waals surface area contributed by atoms with E-state index in [2.05, 4.69) is 10.2 Å². The maximum Gasteiger partial charge on any atom is 0.235 e. The summed E-state index contributed by atoms with van der Waals surface area (Å²) >= 11 is 1.30. The number of aromatic nitrogens is 3. The molecule has 1 aromatic heterocycles. The second kappa shape index (κ2) is 7.93. The topological polar surface area (TPSA) is 74.8 Å². The number of hydrogen-bond donors (Lipinski definition) is 0. The minimum Gasteiger partial charge on any atom is -0.344 e. The fourth-order valence-corrected chi connectivity index (χ4v) is 3.04. The molecule has 1 amide bonds. The molecule has 0 N–H and O–H groups in total. The van der Waals surface area contributed by atoms with Crippen LogP contribution in [0.25, 0.3) is 11.4 Å². The van der Waals surface area contributed by atoms with Gasteiger partial charge in [-0.05, 0) is 31.2 Å². The van der Waals surface area contributed by atoms with Crippen molar-refractivity contribution in [1.29, 1.82) is 5.26 Å². The lowest BCUT2D eigenvalue weighted by Crippen LogP contribution is -2.34. The van der Waals surface area contributed by atoms with Crippen LogP contribution in [0.3, 0.4) is 0 Å². The molecule has 2 rings (SSSR count). The van der Waals surface area contributed by atoms with Gasteiger partial charge in [0.05, 0.1) is 17.7 Å². The summed E-state index contributed by atoms with van der Waals surface area (Å²) in [6, 6.07) is 8.03. The van der Waals surface area contributed by atoms with Gasteiger partial charge in [-0.25, -0.2) is 4.39 Å². The van der Waals surface area contributed by atoms with Crippen LogP contribution in [0.1, 0.15) is 13.3 Å². The molecule has 8 heteroatoms. The molecule has 0 unspecified atom stereocenters. The average molecular weight is 347 g/mol. The quantitative estimate of drug-likeness (QED) is 0.751. The van der Waals surface area contributed by atoms with Crippen LogP contribution >= 0.6 is 11.8 Å². The van der Waals surface area contributed by atoms with Gasteiger partial charge in [0.25, 0.3) is 0 Å². The molecule has 0 bridgehead atoms. The van der Waals surface area contributed by atoms with Crippen LogP contribution in [0.15, 0.2) is 29.4 Å². The summed E-state index contributed by atoms with van der Waals surface area (Å²) in [5.74, 6) is 0.228. The van der Waals surface area contributed by atoms with E-state index in [-0.39, 0.29) is 17.0 Å². The molecule has 0 spiro atoms. The number of amides is 1. The predicted molar refractivity (Wildman–Crippen MR) is 89.6 cm³/mol. The lowest BCUT2D eigenvalue weighted by molar-refractivity contribution is -0.128. The minimum absolute atomic E-state index is 0.0680. The Morgan fingerprint density at radius 3 is 2.71 bits per heavy atom. The summed E-state index contributed by atoms with van der Waals surface area (Å²) in [6.07, 6.45) is 0.304. The number of carbonyl (C=O) groups excluding carboxylic acids is 1. The van der Waals surface area contributed by atoms with E-state index in [0.717, 1.165) is 5.56 Å². The van der Waals surface area contributed by atoms with Gasteiger partial charge >= 0.3 is 0 Å². The molecular formula is C16H18FN5OS. The summed E-state index contributed by atoms with van der Waals surface area (Å²) in [4.78, 5) is 13.8. The molecule has 0 aliphatic heterocycles. The SMILES string of the molecule is C[C@@H](Sc1nnc(-c2ccc(F)cc2)n1C)C(=O)N(C)CCC#N. The molecule has 24 heavy (non-hydrogen) atoms. The third-order valence-corrected chi connectivity index (χ3v) is 4.62. The third-order valence-electron chi connectivity index (χ3n) is 3.50. The molecule has 0 fully saturated rings. The Morgan fingerprint density at radius 2 is 2.08 bits per heavy atom. The maximum absolute atomic E-state index is 13.0. The second-order valence-electron chi connectivity index (χ2n) is 5.30. The summed E-state index contributed by atoms with van der Waals surface area (Å²) in [6.45, 7) is 2.20. The van der Waals surface area contributed by atoms with Gasteiger partial charge in [0.1, 0.15) is 5.82 Å². The van der Waals surface area contributed by atoms with E-state index in [1.54, 1.807) is 37.7 Å². The highest BCUT2D eigenvalue weighted by Crippen LogP contribution is 2.26. The van der Waals surface area contributed by atoms with Gasteiger partial charge in [0, 0.05) is 26.2 Å². The Hall–Kier alpha value is -2.40. The molecule has 2 aromatic rings. The standard InChI is InChI=1S/C16H18FN5OS/c1-11(15(23)21(2)10-4-9-18)24-16-20-19-14(22(16)3)12-5-7-13(17)8-6-12/h5-8,11H,4,10H2,1-3H3/t11-/m1/s1. The van der Waals surface area contributed by atoms with Gasteiger partial charge in [-0.2, -0.15) is 5.26 Å². The van der Waals surface area contributed by atoms with Gasteiger partial charge in [0.15, 0.2) is 11.0 Å². The monoisotopic (exact) mass is 347 g/mol. The average Bonchev–Trinajstić information content (AvgIpc) is 2.93. The zero-order valence-corrected chi connectivity index (χ0v) is 14.5. The minimum atomic E-state index is -0.349. The number of nitrogens with zero attached hydrogens (tertiary/aromatic N) is 5. The molecule has 6 nitrogen and oxygen atoms in total. The lowest BCUT2D eigenvalue weighted by atomic mass is 10.2. The molecule has 0 aliphatic rings. The first-order chi connectivity index (χ1) is 11.4. The molecule has 0 saturated carbocycles. The van der Waals surface area contributed by atoms with Crippen LogP contribution in [0.2, 0.25) is 0 Å². The highest BCUT2D eigenvalue weighted by atomic mass is 32.2. The smallest absolute Gasteiger partial charge is 0.235 e. The van der Waals surface area contributed by atoms with Crippen molar-refractivity contribution in [2.45, 2.75) is 23.8 Å². The molecule has 1 heterocycles. The zero-order valence-electron chi connectivity index (χ0n) is 13.7. The van der Waals surface area contributed by atoms with Crippen LogP contribution in [0, 0.1) is 17.1 Å². The van der Waals surface area contributed by atoms with E-state index >= 15 is 0 Å². The fraction of sp³-hybridized carbons (Fsp3) is 0.375. The number of hydrogen-bond acceptors (Lipinski definition) is 5. The van der Waals surface area contributed by atoms with Crippen molar-refractivity contribution >= 4 is 17.7 Å². The summed E-state index contributed by atoms with van der Waals surface area (Å²) in [7, 11) is 3.48. The van der Waals surface area contributed by atoms with Gasteiger partial charge in [-0.3, -0.25) is 4.79 Å². The van der Waals surface area contributed by atoms with Gasteiger partial charge in [-0.1, -0.05) is 11.8 Å². The van der Waals surface area contributed by atoms with Crippen molar-refractivity contribution in [1.82, 2.24) is 19.7 Å². The molecule has 126 valence electrons. The van der Waals surface area contributed by atoms with Crippen molar-refractivity contribution in [3.63, 3.8) is 0 Å². The number of rotatable bonds is 6. The van der Waals surface area contributed by atoms with Crippen LogP contribution in [0.4, 0.5) is 4.39 Å². The molecular weight excluding hydrogens is 329 g/mol. The van der Waals surface area contributed by atoms with Gasteiger partial charge in [-0.15, -0.1) is 10.2 Å². The van der Waals surface area contributed by atoms with Crippen LogP contribution < -0.4 is 0 Å². The summed E-state index contributed by atoms with van der Waals surface area (Å²) in [5, 5.41) is 17.1. The highest BCUT2D eigenvalue weighted by molar-refractivity contribution is 8.00.